The summed E-state index contributed by atoms with van der Waals surface area (Å²) in [4.78, 5) is 22.2. The largest absolute Gasteiger partial charge is 0.358 e. The summed E-state index contributed by atoms with van der Waals surface area (Å²) in [7, 11) is 0. The van der Waals surface area contributed by atoms with Crippen LogP contribution in [0.2, 0.25) is 0 Å². The van der Waals surface area contributed by atoms with E-state index >= 15 is 0 Å². The van der Waals surface area contributed by atoms with Crippen LogP contribution in [0.5, 0.6) is 0 Å². The summed E-state index contributed by atoms with van der Waals surface area (Å²) in [5, 5.41) is 10.2. The molecule has 0 amide bonds. The van der Waals surface area contributed by atoms with E-state index in [-0.39, 0.29) is 5.56 Å². The fourth-order valence-electron chi connectivity index (χ4n) is 0.950. The van der Waals surface area contributed by atoms with Crippen LogP contribution in [0.25, 0.3) is 0 Å². The van der Waals surface area contributed by atoms with Gasteiger partial charge in [0.15, 0.2) is 11.1 Å². The van der Waals surface area contributed by atoms with Gasteiger partial charge in [-0.15, -0.1) is 0 Å². The van der Waals surface area contributed by atoms with Gasteiger partial charge in [-0.2, -0.15) is 0 Å². The van der Waals surface area contributed by atoms with E-state index < -0.39 is 28.3 Å². The van der Waals surface area contributed by atoms with Crippen LogP contribution >= 0.6 is 0 Å². The predicted octanol–water partition coefficient (Wildman–Crippen LogP) is 1.53. The number of hydrogen-bond donors (Lipinski definition) is 1. The number of aromatic nitrogens is 1. The van der Waals surface area contributed by atoms with E-state index in [0.717, 1.165) is 0 Å². The van der Waals surface area contributed by atoms with Gasteiger partial charge < -0.3 is 10.1 Å². The first-order valence-electron chi connectivity index (χ1n) is 3.60. The molecule has 0 atom stereocenters. The highest BCUT2D eigenvalue weighted by Crippen LogP contribution is 2.20. The van der Waals surface area contributed by atoms with Crippen molar-refractivity contribution in [1.82, 2.24) is 4.98 Å². The number of aromatic amines is 1. The van der Waals surface area contributed by atoms with Crippen molar-refractivity contribution >= 4 is 5.82 Å². The van der Waals surface area contributed by atoms with E-state index in [2.05, 4.69) is 0 Å². The van der Waals surface area contributed by atoms with Gasteiger partial charge in [-0.1, -0.05) is 0 Å². The van der Waals surface area contributed by atoms with Gasteiger partial charge in [-0.3, -0.25) is 4.79 Å². The lowest BCUT2D eigenvalue weighted by molar-refractivity contribution is -0.389. The number of H-pyrrole nitrogens is 1. The van der Waals surface area contributed by atoms with Crippen molar-refractivity contribution < 1.29 is 13.7 Å². The Morgan fingerprint density at radius 2 is 2.14 bits per heavy atom. The van der Waals surface area contributed by atoms with Crippen LogP contribution in [0, 0.1) is 17.0 Å². The molecule has 0 saturated carbocycles. The Morgan fingerprint density at radius 3 is 2.57 bits per heavy atom. The molecule has 0 aromatic carbocycles. The summed E-state index contributed by atoms with van der Waals surface area (Å²) < 4.78 is 24.5. The second kappa shape index (κ2) is 3.52. The molecule has 5 nitrogen and oxygen atoms in total. The van der Waals surface area contributed by atoms with Crippen LogP contribution in [0.3, 0.4) is 0 Å². The summed E-state index contributed by atoms with van der Waals surface area (Å²) in [5.74, 6) is -0.726. The lowest BCUT2D eigenvalue weighted by Gasteiger charge is -2.01. The SMILES string of the molecule is Cc1c(C(F)F)[nH]c([N+](=O)[O-])cc1=O. The van der Waals surface area contributed by atoms with Gasteiger partial charge in [0, 0.05) is 5.56 Å². The van der Waals surface area contributed by atoms with Gasteiger partial charge in [0.25, 0.3) is 6.43 Å². The lowest BCUT2D eigenvalue weighted by atomic mass is 10.2. The lowest BCUT2D eigenvalue weighted by Crippen LogP contribution is -2.12. The molecule has 0 radical (unpaired) electrons. The van der Waals surface area contributed by atoms with E-state index in [1.165, 1.54) is 6.92 Å². The van der Waals surface area contributed by atoms with Crippen molar-refractivity contribution in [3.8, 4) is 0 Å². The smallest absolute Gasteiger partial charge is 0.325 e. The molecular weight excluding hydrogens is 198 g/mol. The molecule has 1 heterocycles. The number of nitrogens with zero attached hydrogens (tertiary/aromatic N) is 1. The van der Waals surface area contributed by atoms with E-state index in [1.807, 2.05) is 4.98 Å². The number of hydrogen-bond acceptors (Lipinski definition) is 3. The van der Waals surface area contributed by atoms with Gasteiger partial charge in [-0.25, -0.2) is 13.8 Å². The molecule has 0 aliphatic heterocycles. The third kappa shape index (κ3) is 1.76. The second-order valence-electron chi connectivity index (χ2n) is 2.62. The van der Waals surface area contributed by atoms with Crippen LogP contribution in [0.15, 0.2) is 10.9 Å². The van der Waals surface area contributed by atoms with Crippen LogP contribution in [-0.2, 0) is 0 Å². The fourth-order valence-corrected chi connectivity index (χ4v) is 0.950. The summed E-state index contributed by atoms with van der Waals surface area (Å²) in [6.45, 7) is 1.18. The Kier molecular flexibility index (Phi) is 2.59. The Balaban J connectivity index is 3.43. The van der Waals surface area contributed by atoms with Crippen molar-refractivity contribution in [3.63, 3.8) is 0 Å². The number of alkyl halides is 2. The molecule has 1 aromatic heterocycles. The van der Waals surface area contributed by atoms with Gasteiger partial charge in [0.05, 0.1) is 6.07 Å². The van der Waals surface area contributed by atoms with E-state index in [0.29, 0.717) is 6.07 Å². The number of halogens is 2. The molecule has 1 rings (SSSR count). The van der Waals surface area contributed by atoms with Crippen molar-refractivity contribution in [2.45, 2.75) is 13.3 Å². The molecule has 0 aliphatic rings. The molecule has 0 fully saturated rings. The van der Waals surface area contributed by atoms with Crippen molar-refractivity contribution in [2.24, 2.45) is 0 Å². The zero-order chi connectivity index (χ0) is 10.9. The number of nitro groups is 1. The Labute approximate surface area is 76.5 Å². The second-order valence-corrected chi connectivity index (χ2v) is 2.62. The standard InChI is InChI=1S/C7H6F2N2O3/c1-3-4(12)2-5(11(13)14)10-6(3)7(8)9/h2,7H,1H3,(H,10,12). The molecule has 0 bridgehead atoms. The quantitative estimate of drug-likeness (QED) is 0.586. The topological polar surface area (TPSA) is 76.0 Å². The Bertz CT molecular complexity index is 427. The first kappa shape index (κ1) is 10.3. The molecule has 0 aliphatic carbocycles. The van der Waals surface area contributed by atoms with E-state index in [9.17, 15) is 23.7 Å². The molecule has 1 aromatic rings. The average Bonchev–Trinajstić information content (AvgIpc) is 2.08. The third-order valence-electron chi connectivity index (χ3n) is 1.72. The zero-order valence-corrected chi connectivity index (χ0v) is 7.08. The first-order chi connectivity index (χ1) is 6.43. The Morgan fingerprint density at radius 1 is 1.57 bits per heavy atom. The predicted molar refractivity (Wildman–Crippen MR) is 43.4 cm³/mol. The Hall–Kier alpha value is -1.79. The molecule has 7 heteroatoms. The van der Waals surface area contributed by atoms with Gasteiger partial charge in [-0.05, 0) is 11.8 Å². The summed E-state index contributed by atoms with van der Waals surface area (Å²) in [5.41, 5.74) is -1.68. The van der Waals surface area contributed by atoms with E-state index in [1.54, 1.807) is 0 Å². The maximum Gasteiger partial charge on any atom is 0.325 e. The number of nitrogens with one attached hydrogen (secondary N) is 1. The third-order valence-corrected chi connectivity index (χ3v) is 1.72. The van der Waals surface area contributed by atoms with Gasteiger partial charge in [0.1, 0.15) is 0 Å². The fraction of sp³-hybridized carbons (Fsp3) is 0.286. The van der Waals surface area contributed by atoms with Crippen LogP contribution in [0.1, 0.15) is 17.7 Å². The van der Waals surface area contributed by atoms with Gasteiger partial charge >= 0.3 is 5.82 Å². The minimum atomic E-state index is -2.93. The highest BCUT2D eigenvalue weighted by atomic mass is 19.3. The maximum atomic E-state index is 12.3. The highest BCUT2D eigenvalue weighted by Gasteiger charge is 2.20. The monoisotopic (exact) mass is 204 g/mol. The van der Waals surface area contributed by atoms with Crippen molar-refractivity contribution in [1.29, 1.82) is 0 Å². The molecule has 14 heavy (non-hydrogen) atoms. The zero-order valence-electron chi connectivity index (χ0n) is 7.08. The maximum absolute atomic E-state index is 12.3. The normalized spacial score (nSPS) is 10.6. The molecular formula is C7H6F2N2O3. The average molecular weight is 204 g/mol. The molecule has 76 valence electrons. The minimum absolute atomic E-state index is 0.203. The summed E-state index contributed by atoms with van der Waals surface area (Å²) >= 11 is 0. The highest BCUT2D eigenvalue weighted by molar-refractivity contribution is 5.29. The van der Waals surface area contributed by atoms with Crippen LogP contribution < -0.4 is 5.43 Å². The van der Waals surface area contributed by atoms with Crippen molar-refractivity contribution in [2.75, 3.05) is 0 Å². The number of rotatable bonds is 2. The summed E-state index contributed by atoms with van der Waals surface area (Å²) in [6, 6.07) is 0.682. The molecule has 0 unspecified atom stereocenters. The molecule has 0 saturated heterocycles. The first-order valence-corrected chi connectivity index (χ1v) is 3.60. The van der Waals surface area contributed by atoms with Gasteiger partial charge in [0.2, 0.25) is 0 Å². The van der Waals surface area contributed by atoms with Crippen LogP contribution in [0.4, 0.5) is 14.6 Å². The van der Waals surface area contributed by atoms with Crippen molar-refractivity contribution in [3.05, 3.63) is 37.7 Å². The molecule has 0 spiro atoms. The number of pyridine rings is 1. The summed E-state index contributed by atoms with van der Waals surface area (Å²) in [6.07, 6.45) is -2.93. The molecule has 1 N–H and O–H groups in total. The van der Waals surface area contributed by atoms with E-state index in [4.69, 9.17) is 0 Å². The van der Waals surface area contributed by atoms with Crippen LogP contribution in [-0.4, -0.2) is 9.91 Å². The minimum Gasteiger partial charge on any atom is -0.358 e.